The number of esters is 6. The van der Waals surface area contributed by atoms with Crippen LogP contribution < -0.4 is 0 Å². The summed E-state index contributed by atoms with van der Waals surface area (Å²) in [6.07, 6.45) is -0.162. The monoisotopic (exact) mass is 836 g/mol. The van der Waals surface area contributed by atoms with Crippen molar-refractivity contribution in [2.24, 2.45) is 0 Å². The average Bonchev–Trinajstić information content (AvgIpc) is 3.23. The van der Waals surface area contributed by atoms with Crippen LogP contribution in [0.1, 0.15) is 80.9 Å². The lowest BCUT2D eigenvalue weighted by molar-refractivity contribution is -0.191. The Morgan fingerprint density at radius 1 is 0.417 bits per heavy atom. The lowest BCUT2D eigenvalue weighted by atomic mass is 10.1. The second-order valence-electron chi connectivity index (χ2n) is 13.2. The summed E-state index contributed by atoms with van der Waals surface area (Å²) in [4.78, 5) is 74.5. The Balaban J connectivity index is 1.39. The quantitative estimate of drug-likeness (QED) is 0.0253. The molecule has 3 aromatic rings. The molecule has 0 heterocycles. The van der Waals surface area contributed by atoms with Crippen molar-refractivity contribution in [1.82, 2.24) is 0 Å². The summed E-state index contributed by atoms with van der Waals surface area (Å²) >= 11 is 0. The highest BCUT2D eigenvalue weighted by Crippen LogP contribution is 2.18. The number of benzene rings is 3. The van der Waals surface area contributed by atoms with Gasteiger partial charge in [0.05, 0.1) is 49.6 Å². The van der Waals surface area contributed by atoms with E-state index in [0.29, 0.717) is 29.5 Å². The summed E-state index contributed by atoms with van der Waals surface area (Å²) < 4.78 is 71.0. The van der Waals surface area contributed by atoms with E-state index in [1.54, 1.807) is 0 Å². The Morgan fingerprint density at radius 3 is 1.03 bits per heavy atom. The molecule has 60 heavy (non-hydrogen) atoms. The maximum Gasteiger partial charge on any atom is 0.338 e. The third-order valence-corrected chi connectivity index (χ3v) is 8.48. The molecule has 15 heteroatoms. The van der Waals surface area contributed by atoms with E-state index in [4.69, 9.17) is 28.4 Å². The molecule has 0 saturated heterocycles. The fourth-order valence-electron chi connectivity index (χ4n) is 5.07. The van der Waals surface area contributed by atoms with Crippen LogP contribution in [0.4, 0.5) is 13.2 Å². The lowest BCUT2D eigenvalue weighted by Gasteiger charge is -2.18. The molecule has 0 radical (unpaired) electrons. The molecule has 0 atom stereocenters. The second-order valence-corrected chi connectivity index (χ2v) is 13.2. The van der Waals surface area contributed by atoms with Gasteiger partial charge in [-0.1, -0.05) is 56.1 Å². The first kappa shape index (κ1) is 47.9. The summed E-state index contributed by atoms with van der Waals surface area (Å²) in [6.45, 7) is 10.7. The van der Waals surface area contributed by atoms with E-state index in [-0.39, 0.29) is 94.5 Å². The third-order valence-electron chi connectivity index (χ3n) is 8.48. The predicted octanol–water partition coefficient (Wildman–Crippen LogP) is 8.03. The standard InChI is InChI=1S/C45H47F3O12/c1-30(33-13-19-36(46)20-14-33)43(52)56-26-7-4-10-39(49)55-29-25-42(59-40(50)11-5-8-27-57-44(53)31(2)34-15-21-37(47)22-16-34)60-41(51)12-6-9-28-58-45(54)32(3)35-17-23-38(48)24-18-35/h13-24,42H,1-12,25-29H2. The van der Waals surface area contributed by atoms with Crippen LogP contribution in [-0.2, 0) is 57.2 Å². The van der Waals surface area contributed by atoms with Crippen LogP contribution in [0, 0.1) is 17.5 Å². The molecule has 0 N–H and O–H groups in total. The first-order chi connectivity index (χ1) is 28.7. The molecule has 0 aliphatic carbocycles. The molecule has 3 rings (SSSR count). The summed E-state index contributed by atoms with van der Waals surface area (Å²) in [5.74, 6) is -5.53. The van der Waals surface area contributed by atoms with Gasteiger partial charge in [0.1, 0.15) is 17.5 Å². The number of carbonyl (C=O) groups excluding carboxylic acids is 6. The molecule has 0 aliphatic heterocycles. The van der Waals surface area contributed by atoms with Crippen LogP contribution >= 0.6 is 0 Å². The predicted molar refractivity (Wildman–Crippen MR) is 212 cm³/mol. The second kappa shape index (κ2) is 25.8. The molecular weight excluding hydrogens is 789 g/mol. The molecule has 3 aromatic carbocycles. The number of halogens is 3. The van der Waals surface area contributed by atoms with Gasteiger partial charge in [0, 0.05) is 19.3 Å². The maximum absolute atomic E-state index is 13.2. The molecule has 0 amide bonds. The van der Waals surface area contributed by atoms with E-state index in [1.807, 2.05) is 0 Å². The number of hydrogen-bond donors (Lipinski definition) is 0. The molecule has 12 nitrogen and oxygen atoms in total. The van der Waals surface area contributed by atoms with Gasteiger partial charge in [0.2, 0.25) is 0 Å². The van der Waals surface area contributed by atoms with E-state index in [2.05, 4.69) is 19.7 Å². The molecular formula is C45H47F3O12. The van der Waals surface area contributed by atoms with Crippen LogP contribution in [-0.4, -0.2) is 68.5 Å². The van der Waals surface area contributed by atoms with Crippen molar-refractivity contribution in [3.63, 3.8) is 0 Å². The number of ether oxygens (including phenoxy) is 6. The van der Waals surface area contributed by atoms with E-state index in [0.717, 1.165) is 0 Å². The van der Waals surface area contributed by atoms with E-state index in [9.17, 15) is 41.9 Å². The van der Waals surface area contributed by atoms with Crippen molar-refractivity contribution >= 4 is 52.5 Å². The third kappa shape index (κ3) is 18.0. The van der Waals surface area contributed by atoms with Gasteiger partial charge in [-0.3, -0.25) is 14.4 Å². The first-order valence-electron chi connectivity index (χ1n) is 19.1. The fourth-order valence-corrected chi connectivity index (χ4v) is 5.07. The molecule has 0 bridgehead atoms. The number of hydrogen-bond acceptors (Lipinski definition) is 12. The number of carbonyl (C=O) groups is 6. The molecule has 320 valence electrons. The van der Waals surface area contributed by atoms with Gasteiger partial charge in [0.15, 0.2) is 0 Å². The topological polar surface area (TPSA) is 158 Å². The zero-order valence-electron chi connectivity index (χ0n) is 33.1. The first-order valence-corrected chi connectivity index (χ1v) is 19.1. The Kier molecular flexibility index (Phi) is 20.6. The van der Waals surface area contributed by atoms with Crippen LogP contribution in [0.2, 0.25) is 0 Å². The molecule has 0 fully saturated rings. The van der Waals surface area contributed by atoms with Gasteiger partial charge < -0.3 is 28.4 Å². The Labute approximate surface area is 345 Å². The molecule has 0 aliphatic rings. The molecule has 0 unspecified atom stereocenters. The van der Waals surface area contributed by atoms with Crippen LogP contribution in [0.5, 0.6) is 0 Å². The highest BCUT2D eigenvalue weighted by Gasteiger charge is 2.21. The van der Waals surface area contributed by atoms with Gasteiger partial charge >= 0.3 is 35.8 Å². The smallest absolute Gasteiger partial charge is 0.338 e. The van der Waals surface area contributed by atoms with Gasteiger partial charge in [-0.15, -0.1) is 0 Å². The minimum absolute atomic E-state index is 0.00174. The Bertz CT molecular complexity index is 1860. The van der Waals surface area contributed by atoms with Crippen molar-refractivity contribution < 1.29 is 70.4 Å². The summed E-state index contributed by atoms with van der Waals surface area (Å²) in [5, 5.41) is 0. The Morgan fingerprint density at radius 2 is 0.717 bits per heavy atom. The van der Waals surface area contributed by atoms with Crippen molar-refractivity contribution in [2.75, 3.05) is 26.4 Å². The van der Waals surface area contributed by atoms with Gasteiger partial charge in [-0.05, 0) is 91.6 Å². The van der Waals surface area contributed by atoms with Gasteiger partial charge in [-0.25, -0.2) is 27.6 Å². The van der Waals surface area contributed by atoms with Crippen molar-refractivity contribution in [3.8, 4) is 0 Å². The SMILES string of the molecule is C=C(C(=O)OCCCCC(=O)OCCC(OC(=O)CCCCOC(=O)C(=C)c1ccc(F)cc1)OC(=O)CCCCOC(=O)C(=C)c1ccc(F)cc1)c1ccc(F)cc1. The average molecular weight is 837 g/mol. The zero-order chi connectivity index (χ0) is 43.9. The molecule has 0 saturated carbocycles. The van der Waals surface area contributed by atoms with Crippen LogP contribution in [0.15, 0.2) is 92.5 Å². The van der Waals surface area contributed by atoms with Crippen LogP contribution in [0.3, 0.4) is 0 Å². The highest BCUT2D eigenvalue weighted by atomic mass is 19.1. The summed E-state index contributed by atoms with van der Waals surface area (Å²) in [6, 6.07) is 15.5. The van der Waals surface area contributed by atoms with Crippen molar-refractivity contribution in [3.05, 3.63) is 127 Å². The van der Waals surface area contributed by atoms with Crippen molar-refractivity contribution in [2.45, 2.75) is 70.5 Å². The maximum atomic E-state index is 13.2. The Hall–Kier alpha value is -6.51. The van der Waals surface area contributed by atoms with Gasteiger partial charge in [-0.2, -0.15) is 0 Å². The minimum Gasteiger partial charge on any atom is -0.465 e. The van der Waals surface area contributed by atoms with E-state index >= 15 is 0 Å². The van der Waals surface area contributed by atoms with E-state index in [1.165, 1.54) is 72.8 Å². The largest absolute Gasteiger partial charge is 0.465 e. The highest BCUT2D eigenvalue weighted by molar-refractivity contribution is 6.16. The van der Waals surface area contributed by atoms with E-state index < -0.39 is 59.6 Å². The molecule has 0 aromatic heterocycles. The fraction of sp³-hybridized carbons (Fsp3) is 0.333. The number of rotatable bonds is 26. The summed E-state index contributed by atoms with van der Waals surface area (Å²) in [7, 11) is 0. The lowest BCUT2D eigenvalue weighted by Crippen LogP contribution is -2.26. The summed E-state index contributed by atoms with van der Waals surface area (Å²) in [5.41, 5.74) is 1.35. The zero-order valence-corrected chi connectivity index (χ0v) is 33.1. The van der Waals surface area contributed by atoms with Crippen LogP contribution in [0.25, 0.3) is 16.7 Å². The minimum atomic E-state index is -1.40. The van der Waals surface area contributed by atoms with Gasteiger partial charge in [0.25, 0.3) is 6.29 Å². The van der Waals surface area contributed by atoms with Crippen molar-refractivity contribution in [1.29, 1.82) is 0 Å². The molecule has 0 spiro atoms. The number of unbranched alkanes of at least 4 members (excludes halogenated alkanes) is 3. The normalized spacial score (nSPS) is 10.6.